The molecule has 0 unspecified atom stereocenters. The molecule has 0 amide bonds. The largest absolute Gasteiger partial charge is 2.00 e. The monoisotopic (exact) mass is 143 g/mol. The molecule has 0 spiro atoms. The summed E-state index contributed by atoms with van der Waals surface area (Å²) in [5.41, 5.74) is 2.65. The van der Waals surface area contributed by atoms with Crippen LogP contribution in [-0.2, 0) is 0 Å². The van der Waals surface area contributed by atoms with Gasteiger partial charge in [-0.1, -0.05) is 0 Å². The second-order valence-electron chi connectivity index (χ2n) is 0.623. The first-order valence-electron chi connectivity index (χ1n) is 1.25. The first-order valence-corrected chi connectivity index (χ1v) is 2.13. The zero-order valence-corrected chi connectivity index (χ0v) is 6.58. The molecule has 1 aromatic rings. The van der Waals surface area contributed by atoms with Crippen molar-refractivity contribution in [2.75, 3.05) is 0 Å². The van der Waals surface area contributed by atoms with E-state index in [1.54, 1.807) is 6.20 Å². The fourth-order valence-corrected chi connectivity index (χ4v) is 0.456. The summed E-state index contributed by atoms with van der Waals surface area (Å²) in [7, 11) is 0. The fraction of sp³-hybridized carbons (Fsp3) is 0. The second-order valence-corrected chi connectivity index (χ2v) is 1.31. The van der Waals surface area contributed by atoms with E-state index < -0.39 is 0 Å². The Morgan fingerprint density at radius 3 is 2.43 bits per heavy atom. The van der Waals surface area contributed by atoms with E-state index in [1.807, 2.05) is 5.38 Å². The van der Waals surface area contributed by atoms with Gasteiger partial charge in [0.1, 0.15) is 0 Å². The van der Waals surface area contributed by atoms with Crippen LogP contribution in [0.3, 0.4) is 0 Å². The van der Waals surface area contributed by atoms with Crippen molar-refractivity contribution < 1.29 is 12.4 Å². The molecule has 0 bridgehead atoms. The van der Waals surface area contributed by atoms with E-state index in [2.05, 4.69) is 10.5 Å². The molecule has 4 heteroatoms. The van der Waals surface area contributed by atoms with Crippen LogP contribution in [0.25, 0.3) is 0 Å². The van der Waals surface area contributed by atoms with Crippen LogP contribution >= 0.6 is 11.3 Å². The molecule has 0 aromatic carbocycles. The fourth-order valence-electron chi connectivity index (χ4n) is 0.152. The molecule has 1 nitrogen and oxygen atoms in total. The van der Waals surface area contributed by atoms with Crippen LogP contribution < -0.4 is 12.4 Å². The van der Waals surface area contributed by atoms with Gasteiger partial charge < -0.3 is 17.4 Å². The molecule has 0 saturated carbocycles. The molecule has 0 aliphatic rings. The van der Waals surface area contributed by atoms with Crippen molar-refractivity contribution in [2.45, 2.75) is 0 Å². The van der Waals surface area contributed by atoms with E-state index in [4.69, 9.17) is 0 Å². The SMILES string of the molecule is [Cl-].[Mg+2].[c-]1nccs1. The average molecular weight is 144 g/mol. The molecule has 0 atom stereocenters. The summed E-state index contributed by atoms with van der Waals surface area (Å²) < 4.78 is 0. The summed E-state index contributed by atoms with van der Waals surface area (Å²) in [4.78, 5) is 3.62. The van der Waals surface area contributed by atoms with Gasteiger partial charge in [-0.2, -0.15) is 0 Å². The predicted molar refractivity (Wildman–Crippen MR) is 26.7 cm³/mol. The third-order valence-electron chi connectivity index (χ3n) is 0.309. The molecule has 0 N–H and O–H groups in total. The molecule has 0 fully saturated rings. The van der Waals surface area contributed by atoms with Gasteiger partial charge in [0.15, 0.2) is 0 Å². The Kier molecular flexibility index (Phi) is 10.2. The second kappa shape index (κ2) is 6.69. The Labute approximate surface area is 68.7 Å². The molecule has 0 aliphatic heterocycles. The van der Waals surface area contributed by atoms with Gasteiger partial charge in [0.05, 0.1) is 0 Å². The molecule has 7 heavy (non-hydrogen) atoms. The van der Waals surface area contributed by atoms with Gasteiger partial charge in [-0.25, -0.2) is 0 Å². The van der Waals surface area contributed by atoms with E-state index >= 15 is 0 Å². The summed E-state index contributed by atoms with van der Waals surface area (Å²) in [6, 6.07) is 0. The van der Waals surface area contributed by atoms with Crippen molar-refractivity contribution >= 4 is 34.4 Å². The molecule has 1 rings (SSSR count). The van der Waals surface area contributed by atoms with Crippen molar-refractivity contribution in [1.29, 1.82) is 0 Å². The summed E-state index contributed by atoms with van der Waals surface area (Å²) in [5.74, 6) is 0. The topological polar surface area (TPSA) is 12.9 Å². The number of thiazole rings is 1. The summed E-state index contributed by atoms with van der Waals surface area (Å²) >= 11 is 1.48. The van der Waals surface area contributed by atoms with E-state index in [0.29, 0.717) is 0 Å². The maximum Gasteiger partial charge on any atom is 2.00 e. The third kappa shape index (κ3) is 4.54. The molecule has 1 aromatic heterocycles. The smallest absolute Gasteiger partial charge is 1.00 e. The number of aromatic nitrogens is 1. The average Bonchev–Trinajstić information content (AvgIpc) is 1.76. The van der Waals surface area contributed by atoms with Gasteiger partial charge in [0, 0.05) is 0 Å². The van der Waals surface area contributed by atoms with Gasteiger partial charge in [-0.3, -0.25) is 11.3 Å². The van der Waals surface area contributed by atoms with Crippen LogP contribution in [0.1, 0.15) is 0 Å². The minimum Gasteiger partial charge on any atom is -1.00 e. The number of nitrogens with zero attached hydrogens (tertiary/aromatic N) is 1. The summed E-state index contributed by atoms with van der Waals surface area (Å²) in [5, 5.41) is 1.88. The van der Waals surface area contributed by atoms with Gasteiger partial charge in [-0.15, -0.1) is 11.6 Å². The Bertz CT molecular complexity index is 71.4. The van der Waals surface area contributed by atoms with Gasteiger partial charge in [-0.05, 0) is 5.51 Å². The van der Waals surface area contributed by atoms with Crippen LogP contribution in [0.5, 0.6) is 0 Å². The maximum atomic E-state index is 3.62. The van der Waals surface area contributed by atoms with Crippen molar-refractivity contribution in [2.24, 2.45) is 0 Å². The number of rotatable bonds is 0. The van der Waals surface area contributed by atoms with Crippen LogP contribution in [0.4, 0.5) is 0 Å². The van der Waals surface area contributed by atoms with Crippen molar-refractivity contribution in [3.63, 3.8) is 0 Å². The third-order valence-corrected chi connectivity index (χ3v) is 0.777. The van der Waals surface area contributed by atoms with Gasteiger partial charge in [0.25, 0.3) is 0 Å². The zero-order valence-electron chi connectivity index (χ0n) is 3.60. The number of halogens is 1. The predicted octanol–water partition coefficient (Wildman–Crippen LogP) is -2.43. The van der Waals surface area contributed by atoms with Crippen molar-refractivity contribution in [3.8, 4) is 0 Å². The van der Waals surface area contributed by atoms with E-state index in [9.17, 15) is 0 Å². The molecule has 0 saturated heterocycles. The molecule has 1 heterocycles. The van der Waals surface area contributed by atoms with Gasteiger partial charge >= 0.3 is 23.1 Å². The summed E-state index contributed by atoms with van der Waals surface area (Å²) in [6.07, 6.45) is 1.71. The standard InChI is InChI=1S/C3H2NS.ClH.Mg/c1-2-5-3-4-1;;/h1-2H;1H;/q-1;;+2/p-1. The first-order chi connectivity index (χ1) is 2.50. The number of hydrogen-bond donors (Lipinski definition) is 0. The van der Waals surface area contributed by atoms with E-state index in [1.165, 1.54) is 11.3 Å². The van der Waals surface area contributed by atoms with Crippen molar-refractivity contribution in [1.82, 2.24) is 4.98 Å². The van der Waals surface area contributed by atoms with E-state index in [-0.39, 0.29) is 35.5 Å². The van der Waals surface area contributed by atoms with Crippen LogP contribution in [-0.4, -0.2) is 28.0 Å². The Morgan fingerprint density at radius 1 is 1.57 bits per heavy atom. The molecular formula is C3H2ClMgNS. The zero-order chi connectivity index (χ0) is 3.54. The Balaban J connectivity index is 0. The molecular weight excluding hydrogens is 142 g/mol. The van der Waals surface area contributed by atoms with Gasteiger partial charge in [0.2, 0.25) is 0 Å². The molecule has 0 radical (unpaired) electrons. The maximum absolute atomic E-state index is 3.62. The molecule has 0 aliphatic carbocycles. The number of hydrogen-bond acceptors (Lipinski definition) is 2. The van der Waals surface area contributed by atoms with Crippen LogP contribution in [0.15, 0.2) is 11.6 Å². The van der Waals surface area contributed by atoms with Crippen LogP contribution in [0, 0.1) is 5.51 Å². The summed E-state index contributed by atoms with van der Waals surface area (Å²) in [6.45, 7) is 0. The molecule has 34 valence electrons. The Morgan fingerprint density at radius 2 is 2.29 bits per heavy atom. The van der Waals surface area contributed by atoms with Crippen molar-refractivity contribution in [3.05, 3.63) is 17.1 Å². The minimum atomic E-state index is 0. The first kappa shape index (κ1) is 10.6. The minimum absolute atomic E-state index is 0. The Hall–Kier alpha value is 0.686. The normalized spacial score (nSPS) is 5.71. The van der Waals surface area contributed by atoms with E-state index in [0.717, 1.165) is 0 Å². The quantitative estimate of drug-likeness (QED) is 0.291. The van der Waals surface area contributed by atoms with Crippen LogP contribution in [0.2, 0.25) is 0 Å².